The minimum atomic E-state index is 0.393. The molecule has 104 valence electrons. The first-order valence-electron chi connectivity index (χ1n) is 7.08. The van der Waals surface area contributed by atoms with Crippen LogP contribution in [0.5, 0.6) is 0 Å². The molecule has 0 bridgehead atoms. The summed E-state index contributed by atoms with van der Waals surface area (Å²) < 4.78 is 0. The van der Waals surface area contributed by atoms with Crippen LogP contribution in [0.4, 0.5) is 5.82 Å². The number of pyridine rings is 1. The van der Waals surface area contributed by atoms with Gasteiger partial charge in [-0.25, -0.2) is 4.98 Å². The van der Waals surface area contributed by atoms with E-state index in [4.69, 9.17) is 5.73 Å². The van der Waals surface area contributed by atoms with Crippen LogP contribution in [0.1, 0.15) is 39.5 Å². The lowest BCUT2D eigenvalue weighted by Gasteiger charge is -2.42. The molecule has 0 saturated heterocycles. The van der Waals surface area contributed by atoms with Crippen LogP contribution in [-0.4, -0.2) is 17.5 Å². The number of aliphatic imine (C=N–C) groups is 1. The third-order valence-electron chi connectivity index (χ3n) is 3.76. The van der Waals surface area contributed by atoms with E-state index in [1.807, 2.05) is 18.2 Å². The summed E-state index contributed by atoms with van der Waals surface area (Å²) in [6.45, 7) is 5.38. The number of nitrogens with zero attached hydrogens (tertiary/aromatic N) is 2. The van der Waals surface area contributed by atoms with Gasteiger partial charge in [0, 0.05) is 12.7 Å². The molecule has 0 atom stereocenters. The highest BCUT2D eigenvalue weighted by molar-refractivity contribution is 5.91. The van der Waals surface area contributed by atoms with E-state index in [1.54, 1.807) is 6.20 Å². The van der Waals surface area contributed by atoms with E-state index in [0.29, 0.717) is 11.4 Å². The number of nitrogens with two attached hydrogens (primary N) is 1. The minimum absolute atomic E-state index is 0.393. The molecule has 3 N–H and O–H groups in total. The Morgan fingerprint density at radius 2 is 2.26 bits per heavy atom. The molecular weight excluding hydrogens is 236 g/mol. The van der Waals surface area contributed by atoms with Crippen LogP contribution in [0.15, 0.2) is 29.4 Å². The Kier molecular flexibility index (Phi) is 4.40. The summed E-state index contributed by atoms with van der Waals surface area (Å²) >= 11 is 0. The molecule has 0 amide bonds. The van der Waals surface area contributed by atoms with Crippen molar-refractivity contribution in [2.24, 2.45) is 22.1 Å². The fraction of sp³-hybridized carbons (Fsp3) is 0.600. The average molecular weight is 260 g/mol. The number of rotatable bonds is 5. The van der Waals surface area contributed by atoms with Crippen molar-refractivity contribution in [3.63, 3.8) is 0 Å². The monoisotopic (exact) mass is 260 g/mol. The van der Waals surface area contributed by atoms with Gasteiger partial charge in [0.25, 0.3) is 0 Å². The van der Waals surface area contributed by atoms with E-state index < -0.39 is 0 Å². The Hall–Kier alpha value is -1.58. The number of hydrogen-bond acceptors (Lipinski definition) is 2. The first-order chi connectivity index (χ1) is 9.10. The first-order valence-corrected chi connectivity index (χ1v) is 7.08. The number of nitrogens with one attached hydrogen (secondary N) is 1. The van der Waals surface area contributed by atoms with Crippen molar-refractivity contribution in [1.29, 1.82) is 0 Å². The summed E-state index contributed by atoms with van der Waals surface area (Å²) in [6.07, 6.45) is 6.88. The second-order valence-electron chi connectivity index (χ2n) is 5.99. The Balaban J connectivity index is 1.90. The van der Waals surface area contributed by atoms with Gasteiger partial charge in [0.15, 0.2) is 5.96 Å². The molecule has 1 saturated carbocycles. The SMILES string of the molecule is CC(C)CC1(CN=C(N)Nc2ccccn2)CCC1. The predicted octanol–water partition coefficient (Wildman–Crippen LogP) is 3.02. The molecule has 19 heavy (non-hydrogen) atoms. The van der Waals surface area contributed by atoms with E-state index in [9.17, 15) is 0 Å². The van der Waals surface area contributed by atoms with Gasteiger partial charge in [-0.3, -0.25) is 4.99 Å². The molecular formula is C15H24N4. The minimum Gasteiger partial charge on any atom is -0.370 e. The molecule has 0 spiro atoms. The average Bonchev–Trinajstić information content (AvgIpc) is 2.33. The molecule has 0 aliphatic heterocycles. The van der Waals surface area contributed by atoms with Crippen molar-refractivity contribution in [3.05, 3.63) is 24.4 Å². The zero-order chi connectivity index (χ0) is 13.7. The van der Waals surface area contributed by atoms with Gasteiger partial charge in [-0.1, -0.05) is 26.3 Å². The normalized spacial score (nSPS) is 18.2. The highest BCUT2D eigenvalue weighted by Gasteiger charge is 2.37. The fourth-order valence-corrected chi connectivity index (χ4v) is 2.83. The largest absolute Gasteiger partial charge is 0.370 e. The highest BCUT2D eigenvalue weighted by atomic mass is 15.1. The zero-order valence-electron chi connectivity index (χ0n) is 11.9. The van der Waals surface area contributed by atoms with Crippen LogP contribution < -0.4 is 11.1 Å². The lowest BCUT2D eigenvalue weighted by atomic mass is 9.64. The maximum atomic E-state index is 5.92. The van der Waals surface area contributed by atoms with E-state index in [2.05, 4.69) is 29.1 Å². The number of aromatic nitrogens is 1. The molecule has 1 heterocycles. The van der Waals surface area contributed by atoms with Crippen molar-refractivity contribution in [1.82, 2.24) is 4.98 Å². The van der Waals surface area contributed by atoms with Crippen LogP contribution in [0.3, 0.4) is 0 Å². The molecule has 4 heteroatoms. The molecule has 1 aromatic rings. The topological polar surface area (TPSA) is 63.3 Å². The Bertz CT molecular complexity index is 421. The molecule has 0 radical (unpaired) electrons. The maximum Gasteiger partial charge on any atom is 0.194 e. The van der Waals surface area contributed by atoms with E-state index in [0.717, 1.165) is 18.3 Å². The van der Waals surface area contributed by atoms with Crippen molar-refractivity contribution in [2.45, 2.75) is 39.5 Å². The quantitative estimate of drug-likeness (QED) is 0.632. The third-order valence-corrected chi connectivity index (χ3v) is 3.76. The van der Waals surface area contributed by atoms with Crippen molar-refractivity contribution < 1.29 is 0 Å². The summed E-state index contributed by atoms with van der Waals surface area (Å²) in [5, 5.41) is 3.03. The maximum absolute atomic E-state index is 5.92. The summed E-state index contributed by atoms with van der Waals surface area (Å²) in [6, 6.07) is 5.69. The Morgan fingerprint density at radius 3 is 2.79 bits per heavy atom. The number of anilines is 1. The summed E-state index contributed by atoms with van der Waals surface area (Å²) in [5.74, 6) is 1.93. The van der Waals surface area contributed by atoms with E-state index >= 15 is 0 Å². The van der Waals surface area contributed by atoms with E-state index in [1.165, 1.54) is 25.7 Å². The van der Waals surface area contributed by atoms with Gasteiger partial charge in [-0.05, 0) is 42.7 Å². The van der Waals surface area contributed by atoms with Gasteiger partial charge in [0.05, 0.1) is 0 Å². The lowest BCUT2D eigenvalue weighted by molar-refractivity contribution is 0.112. The molecule has 1 aliphatic rings. The van der Waals surface area contributed by atoms with Gasteiger partial charge in [-0.15, -0.1) is 0 Å². The second kappa shape index (κ2) is 6.04. The van der Waals surface area contributed by atoms with Crippen LogP contribution >= 0.6 is 0 Å². The van der Waals surface area contributed by atoms with Gasteiger partial charge < -0.3 is 11.1 Å². The Morgan fingerprint density at radius 1 is 1.47 bits per heavy atom. The number of hydrogen-bond donors (Lipinski definition) is 2. The zero-order valence-corrected chi connectivity index (χ0v) is 11.9. The molecule has 4 nitrogen and oxygen atoms in total. The third kappa shape index (κ3) is 3.94. The smallest absolute Gasteiger partial charge is 0.194 e. The van der Waals surface area contributed by atoms with Gasteiger partial charge >= 0.3 is 0 Å². The predicted molar refractivity (Wildman–Crippen MR) is 80.1 cm³/mol. The van der Waals surface area contributed by atoms with Gasteiger partial charge in [-0.2, -0.15) is 0 Å². The summed E-state index contributed by atoms with van der Waals surface area (Å²) in [5.41, 5.74) is 6.31. The molecule has 1 fully saturated rings. The highest BCUT2D eigenvalue weighted by Crippen LogP contribution is 2.46. The van der Waals surface area contributed by atoms with E-state index in [-0.39, 0.29) is 0 Å². The van der Waals surface area contributed by atoms with Crippen molar-refractivity contribution in [2.75, 3.05) is 11.9 Å². The summed E-state index contributed by atoms with van der Waals surface area (Å²) in [7, 11) is 0. The fourth-order valence-electron chi connectivity index (χ4n) is 2.83. The molecule has 0 aromatic carbocycles. The van der Waals surface area contributed by atoms with Gasteiger partial charge in [0.2, 0.25) is 0 Å². The second-order valence-corrected chi connectivity index (χ2v) is 5.99. The van der Waals surface area contributed by atoms with Crippen LogP contribution in [0, 0.1) is 11.3 Å². The molecule has 0 unspecified atom stereocenters. The van der Waals surface area contributed by atoms with Gasteiger partial charge in [0.1, 0.15) is 5.82 Å². The van der Waals surface area contributed by atoms with Crippen LogP contribution in [0.25, 0.3) is 0 Å². The van der Waals surface area contributed by atoms with Crippen molar-refractivity contribution in [3.8, 4) is 0 Å². The standard InChI is InChI=1S/C15H24N4/c1-12(2)10-15(7-5-8-15)11-18-14(16)19-13-6-3-4-9-17-13/h3-4,6,9,12H,5,7-8,10-11H2,1-2H3,(H3,16,17,18,19). The molecule has 1 aromatic heterocycles. The molecule has 1 aliphatic carbocycles. The lowest BCUT2D eigenvalue weighted by Crippen LogP contribution is -2.35. The Labute approximate surface area is 115 Å². The van der Waals surface area contributed by atoms with Crippen molar-refractivity contribution >= 4 is 11.8 Å². The molecule has 2 rings (SSSR count). The first kappa shape index (κ1) is 13.8. The number of guanidine groups is 1. The summed E-state index contributed by atoms with van der Waals surface area (Å²) in [4.78, 5) is 8.68. The van der Waals surface area contributed by atoms with Crippen LogP contribution in [-0.2, 0) is 0 Å². The van der Waals surface area contributed by atoms with Crippen LogP contribution in [0.2, 0.25) is 0 Å².